The molecular formula is C10H14N2O2S. The molecule has 2 amide bonds. The molecule has 1 aromatic rings. The second-order valence-electron chi connectivity index (χ2n) is 3.48. The van der Waals surface area contributed by atoms with Crippen molar-refractivity contribution in [3.63, 3.8) is 0 Å². The number of aryl methyl sites for hydroxylation is 1. The number of carbonyl (C=O) groups excluding carboxylic acids is 2. The lowest BCUT2D eigenvalue weighted by atomic mass is 10.2. The Balaban J connectivity index is 3.06. The van der Waals surface area contributed by atoms with Crippen molar-refractivity contribution in [1.29, 1.82) is 0 Å². The van der Waals surface area contributed by atoms with Gasteiger partial charge in [0.25, 0.3) is 5.91 Å². The lowest BCUT2D eigenvalue weighted by Crippen LogP contribution is -2.22. The van der Waals surface area contributed by atoms with Crippen molar-refractivity contribution in [3.8, 4) is 0 Å². The standard InChI is InChI=1S/C10H14N2O2S/c1-6-5-8(10(14)12(3)4)9(15-6)11-7(2)13/h5H,1-4H3,(H,11,13). The molecule has 0 radical (unpaired) electrons. The summed E-state index contributed by atoms with van der Waals surface area (Å²) >= 11 is 1.41. The minimum absolute atomic E-state index is 0.0944. The fraction of sp³-hybridized carbons (Fsp3) is 0.400. The zero-order valence-corrected chi connectivity index (χ0v) is 10.1. The number of thiophene rings is 1. The Morgan fingerprint density at radius 1 is 1.40 bits per heavy atom. The van der Waals surface area contributed by atoms with E-state index in [-0.39, 0.29) is 11.8 Å². The maximum absolute atomic E-state index is 11.7. The lowest BCUT2D eigenvalue weighted by molar-refractivity contribution is -0.114. The monoisotopic (exact) mass is 226 g/mol. The summed E-state index contributed by atoms with van der Waals surface area (Å²) < 4.78 is 0. The Morgan fingerprint density at radius 3 is 2.47 bits per heavy atom. The van der Waals surface area contributed by atoms with Crippen LogP contribution < -0.4 is 5.32 Å². The van der Waals surface area contributed by atoms with Gasteiger partial charge in [0, 0.05) is 25.9 Å². The summed E-state index contributed by atoms with van der Waals surface area (Å²) in [6, 6.07) is 1.79. The van der Waals surface area contributed by atoms with E-state index in [0.717, 1.165) is 4.88 Å². The van der Waals surface area contributed by atoms with Gasteiger partial charge in [-0.3, -0.25) is 9.59 Å². The molecule has 1 heterocycles. The van der Waals surface area contributed by atoms with Crippen LogP contribution in [0.3, 0.4) is 0 Å². The zero-order valence-electron chi connectivity index (χ0n) is 9.25. The summed E-state index contributed by atoms with van der Waals surface area (Å²) in [6.07, 6.45) is 0. The number of nitrogens with zero attached hydrogens (tertiary/aromatic N) is 1. The minimum atomic E-state index is -0.162. The number of rotatable bonds is 2. The van der Waals surface area contributed by atoms with Gasteiger partial charge in [0.1, 0.15) is 5.00 Å². The number of hydrogen-bond acceptors (Lipinski definition) is 3. The van der Waals surface area contributed by atoms with Crippen LogP contribution in [0.4, 0.5) is 5.00 Å². The first kappa shape index (κ1) is 11.7. The Kier molecular flexibility index (Phi) is 3.47. The third-order valence-corrected chi connectivity index (χ3v) is 2.75. The van der Waals surface area contributed by atoms with Gasteiger partial charge in [0.05, 0.1) is 5.56 Å². The van der Waals surface area contributed by atoms with Crippen molar-refractivity contribution in [1.82, 2.24) is 4.90 Å². The summed E-state index contributed by atoms with van der Waals surface area (Å²) in [6.45, 7) is 3.33. The largest absolute Gasteiger partial charge is 0.345 e. The number of hydrogen-bond donors (Lipinski definition) is 1. The molecule has 0 aliphatic heterocycles. The van der Waals surface area contributed by atoms with E-state index < -0.39 is 0 Å². The van der Waals surface area contributed by atoms with Gasteiger partial charge in [0.2, 0.25) is 5.91 Å². The molecule has 0 fully saturated rings. The molecule has 4 nitrogen and oxygen atoms in total. The van der Waals surface area contributed by atoms with E-state index in [2.05, 4.69) is 5.32 Å². The van der Waals surface area contributed by atoms with Crippen LogP contribution in [0, 0.1) is 6.92 Å². The average Bonchev–Trinajstić information content (AvgIpc) is 2.44. The van der Waals surface area contributed by atoms with Gasteiger partial charge < -0.3 is 10.2 Å². The summed E-state index contributed by atoms with van der Waals surface area (Å²) in [4.78, 5) is 25.2. The topological polar surface area (TPSA) is 49.4 Å². The first-order chi connectivity index (χ1) is 6.91. The smallest absolute Gasteiger partial charge is 0.256 e. The van der Waals surface area contributed by atoms with Gasteiger partial charge in [-0.1, -0.05) is 0 Å². The highest BCUT2D eigenvalue weighted by Gasteiger charge is 2.16. The van der Waals surface area contributed by atoms with E-state index in [0.29, 0.717) is 10.6 Å². The first-order valence-corrected chi connectivity index (χ1v) is 5.33. The van der Waals surface area contributed by atoms with E-state index in [1.165, 1.54) is 23.2 Å². The highest BCUT2D eigenvalue weighted by Crippen LogP contribution is 2.28. The lowest BCUT2D eigenvalue weighted by Gasteiger charge is -2.10. The van der Waals surface area contributed by atoms with E-state index in [1.54, 1.807) is 20.2 Å². The van der Waals surface area contributed by atoms with Crippen LogP contribution in [0.2, 0.25) is 0 Å². The van der Waals surface area contributed by atoms with Gasteiger partial charge in [0.15, 0.2) is 0 Å². The fourth-order valence-corrected chi connectivity index (χ4v) is 2.12. The molecule has 0 saturated carbocycles. The third-order valence-electron chi connectivity index (χ3n) is 1.78. The summed E-state index contributed by atoms with van der Waals surface area (Å²) in [7, 11) is 3.37. The Morgan fingerprint density at radius 2 is 2.00 bits per heavy atom. The Labute approximate surface area is 92.9 Å². The third kappa shape index (κ3) is 2.79. The molecule has 0 aliphatic rings. The average molecular weight is 226 g/mol. The molecule has 0 bridgehead atoms. The van der Waals surface area contributed by atoms with Crippen LogP contribution in [0.1, 0.15) is 22.2 Å². The van der Waals surface area contributed by atoms with E-state index in [1.807, 2.05) is 6.92 Å². The highest BCUT2D eigenvalue weighted by atomic mass is 32.1. The van der Waals surface area contributed by atoms with Crippen molar-refractivity contribution < 1.29 is 9.59 Å². The van der Waals surface area contributed by atoms with Gasteiger partial charge in [-0.05, 0) is 13.0 Å². The maximum atomic E-state index is 11.7. The van der Waals surface area contributed by atoms with Crippen molar-refractivity contribution in [2.75, 3.05) is 19.4 Å². The van der Waals surface area contributed by atoms with Crippen LogP contribution in [0.25, 0.3) is 0 Å². The van der Waals surface area contributed by atoms with Gasteiger partial charge in [-0.25, -0.2) is 0 Å². The molecule has 82 valence electrons. The molecule has 1 rings (SSSR count). The molecule has 0 aromatic carbocycles. The Hall–Kier alpha value is -1.36. The van der Waals surface area contributed by atoms with Crippen LogP contribution in [-0.2, 0) is 4.79 Å². The SMILES string of the molecule is CC(=O)Nc1sc(C)cc1C(=O)N(C)C. The number of nitrogens with one attached hydrogen (secondary N) is 1. The first-order valence-electron chi connectivity index (χ1n) is 4.51. The maximum Gasteiger partial charge on any atom is 0.256 e. The molecule has 1 aromatic heterocycles. The van der Waals surface area contributed by atoms with Crippen molar-refractivity contribution in [2.45, 2.75) is 13.8 Å². The normalized spacial score (nSPS) is 9.87. The molecule has 0 aliphatic carbocycles. The number of amides is 2. The van der Waals surface area contributed by atoms with Crippen LogP contribution in [0.5, 0.6) is 0 Å². The number of anilines is 1. The predicted octanol–water partition coefficient (Wildman–Crippen LogP) is 1.72. The summed E-state index contributed by atoms with van der Waals surface area (Å²) in [5.41, 5.74) is 0.553. The second kappa shape index (κ2) is 4.44. The summed E-state index contributed by atoms with van der Waals surface area (Å²) in [5, 5.41) is 3.29. The molecule has 1 N–H and O–H groups in total. The molecule has 0 unspecified atom stereocenters. The molecule has 5 heteroatoms. The molecular weight excluding hydrogens is 212 g/mol. The van der Waals surface area contributed by atoms with Crippen LogP contribution >= 0.6 is 11.3 Å². The zero-order chi connectivity index (χ0) is 11.6. The Bertz CT molecular complexity index is 396. The van der Waals surface area contributed by atoms with Crippen molar-refractivity contribution in [2.24, 2.45) is 0 Å². The van der Waals surface area contributed by atoms with Crippen molar-refractivity contribution in [3.05, 3.63) is 16.5 Å². The summed E-state index contributed by atoms with van der Waals surface area (Å²) in [5.74, 6) is -0.257. The number of carbonyl (C=O) groups is 2. The quantitative estimate of drug-likeness (QED) is 0.834. The van der Waals surface area contributed by atoms with Gasteiger partial charge >= 0.3 is 0 Å². The van der Waals surface area contributed by atoms with Crippen molar-refractivity contribution >= 4 is 28.2 Å². The van der Waals surface area contributed by atoms with Crippen LogP contribution in [0.15, 0.2) is 6.07 Å². The molecule has 0 saturated heterocycles. The molecule has 0 spiro atoms. The molecule has 15 heavy (non-hydrogen) atoms. The second-order valence-corrected chi connectivity index (χ2v) is 4.74. The predicted molar refractivity (Wildman–Crippen MR) is 61.4 cm³/mol. The van der Waals surface area contributed by atoms with E-state index in [9.17, 15) is 9.59 Å². The molecule has 0 atom stereocenters. The van der Waals surface area contributed by atoms with Gasteiger partial charge in [-0.2, -0.15) is 0 Å². The van der Waals surface area contributed by atoms with E-state index in [4.69, 9.17) is 0 Å². The highest BCUT2D eigenvalue weighted by molar-refractivity contribution is 7.16. The van der Waals surface area contributed by atoms with Gasteiger partial charge in [-0.15, -0.1) is 11.3 Å². The fourth-order valence-electron chi connectivity index (χ4n) is 1.17. The van der Waals surface area contributed by atoms with Crippen LogP contribution in [-0.4, -0.2) is 30.8 Å². The minimum Gasteiger partial charge on any atom is -0.345 e. The van der Waals surface area contributed by atoms with E-state index >= 15 is 0 Å².